The quantitative estimate of drug-likeness (QED) is 0.268. The summed E-state index contributed by atoms with van der Waals surface area (Å²) in [4.78, 5) is 43.3. The zero-order valence-electron chi connectivity index (χ0n) is 27.5. The van der Waals surface area contributed by atoms with Gasteiger partial charge in [-0.1, -0.05) is 96.4 Å². The molecule has 0 saturated carbocycles. The van der Waals surface area contributed by atoms with Gasteiger partial charge in [0, 0.05) is 38.1 Å². The SMILES string of the molecule is O=C([O-])C(F)(F)F.O=C1CCOc2cccc(c2[O-])C=NC(c2ccccc2)C(c2ccccc2)N=Cc2cccc(c2[O-])OCCC(=O)CC1.[Mn+3]. The molecule has 5 rings (SSSR count). The number of hydrogen-bond donors (Lipinski definition) is 0. The van der Waals surface area contributed by atoms with E-state index in [1.165, 1.54) is 12.4 Å². The number of ketones is 2. The van der Waals surface area contributed by atoms with E-state index in [2.05, 4.69) is 0 Å². The Bertz CT molecular complexity index is 1730. The molecule has 0 N–H and O–H groups in total. The number of para-hydroxylation sites is 2. The van der Waals surface area contributed by atoms with Crippen LogP contribution in [0.3, 0.4) is 0 Å². The molecular formula is C38H32F3MnN2O8. The van der Waals surface area contributed by atoms with Gasteiger partial charge in [0.05, 0.1) is 13.2 Å². The van der Waals surface area contributed by atoms with Gasteiger partial charge in [-0.2, -0.15) is 13.2 Å². The Morgan fingerprint density at radius 1 is 0.615 bits per heavy atom. The topological polar surface area (TPSA) is 164 Å². The van der Waals surface area contributed by atoms with Crippen molar-refractivity contribution >= 4 is 30.0 Å². The molecule has 270 valence electrons. The second-order valence-corrected chi connectivity index (χ2v) is 11.2. The van der Waals surface area contributed by atoms with Crippen LogP contribution < -0.4 is 24.8 Å². The van der Waals surface area contributed by atoms with Crippen molar-refractivity contribution in [2.75, 3.05) is 13.2 Å². The van der Waals surface area contributed by atoms with E-state index in [0.29, 0.717) is 11.1 Å². The van der Waals surface area contributed by atoms with Gasteiger partial charge in [0.25, 0.3) is 0 Å². The summed E-state index contributed by atoms with van der Waals surface area (Å²) in [7, 11) is 0. The van der Waals surface area contributed by atoms with Crippen molar-refractivity contribution in [2.24, 2.45) is 9.98 Å². The molecule has 1 aliphatic heterocycles. The molecule has 0 saturated heterocycles. The van der Waals surface area contributed by atoms with Gasteiger partial charge in [0.2, 0.25) is 0 Å². The monoisotopic (exact) mass is 756 g/mol. The summed E-state index contributed by atoms with van der Waals surface area (Å²) in [6.07, 6.45) is -1.87. The summed E-state index contributed by atoms with van der Waals surface area (Å²) >= 11 is 0. The fourth-order valence-electron chi connectivity index (χ4n) is 4.90. The molecule has 0 aromatic heterocycles. The van der Waals surface area contributed by atoms with Crippen LogP contribution in [-0.2, 0) is 31.5 Å². The molecule has 0 spiro atoms. The Morgan fingerprint density at radius 2 is 0.981 bits per heavy atom. The molecule has 4 aromatic rings. The maximum absolute atomic E-state index is 13.3. The maximum Gasteiger partial charge on any atom is 3.00 e. The minimum atomic E-state index is -5.19. The predicted molar refractivity (Wildman–Crippen MR) is 176 cm³/mol. The van der Waals surface area contributed by atoms with Gasteiger partial charge in [0.1, 0.15) is 41.1 Å². The fraction of sp³-hybridized carbons (Fsp3) is 0.237. The van der Waals surface area contributed by atoms with Gasteiger partial charge >= 0.3 is 23.2 Å². The molecule has 4 bridgehead atoms. The molecule has 0 amide bonds. The second kappa shape index (κ2) is 19.8. The number of benzene rings is 4. The van der Waals surface area contributed by atoms with Crippen molar-refractivity contribution in [3.05, 3.63) is 119 Å². The molecule has 0 aliphatic carbocycles. The van der Waals surface area contributed by atoms with Crippen molar-refractivity contribution in [3.63, 3.8) is 0 Å². The van der Waals surface area contributed by atoms with E-state index in [-0.39, 0.29) is 90.5 Å². The summed E-state index contributed by atoms with van der Waals surface area (Å²) in [5.74, 6) is -3.74. The van der Waals surface area contributed by atoms with Gasteiger partial charge in [0.15, 0.2) is 0 Å². The number of carboxylic acid groups (broad SMARTS) is 1. The molecule has 52 heavy (non-hydrogen) atoms. The first kappa shape index (κ1) is 41.0. The number of aliphatic imine (C=N–C) groups is 2. The van der Waals surface area contributed by atoms with E-state index < -0.39 is 24.2 Å². The summed E-state index contributed by atoms with van der Waals surface area (Å²) in [6.45, 7) is 0.0397. The van der Waals surface area contributed by atoms with Gasteiger partial charge in [-0.15, -0.1) is 0 Å². The number of aliphatic carboxylic acids is 1. The van der Waals surface area contributed by atoms with Crippen molar-refractivity contribution in [2.45, 2.75) is 43.9 Å². The molecule has 14 heteroatoms. The molecular weight excluding hydrogens is 724 g/mol. The summed E-state index contributed by atoms with van der Waals surface area (Å²) in [5, 5.41) is 35.3. The number of hydrogen-bond acceptors (Lipinski definition) is 10. The van der Waals surface area contributed by atoms with E-state index in [0.717, 1.165) is 11.1 Å². The van der Waals surface area contributed by atoms with E-state index in [4.69, 9.17) is 29.4 Å². The van der Waals surface area contributed by atoms with Crippen LogP contribution in [0.25, 0.3) is 0 Å². The summed E-state index contributed by atoms with van der Waals surface area (Å²) in [5.41, 5.74) is 2.38. The second-order valence-electron chi connectivity index (χ2n) is 11.2. The Kier molecular flexibility index (Phi) is 15.6. The molecule has 0 fully saturated rings. The molecule has 2 unspecified atom stereocenters. The average Bonchev–Trinajstić information content (AvgIpc) is 3.11. The van der Waals surface area contributed by atoms with Crippen molar-refractivity contribution in [3.8, 4) is 23.0 Å². The van der Waals surface area contributed by atoms with Crippen LogP contribution in [0.4, 0.5) is 13.2 Å². The zero-order chi connectivity index (χ0) is 36.8. The standard InChI is InChI=1S/C36H34N2O6.C2HF3O2.Mn/c39-29-17-18-30(40)20-22-44-32-16-8-14-28(36(32)42)24-38-34(26-11-5-2-6-12-26)33(25-9-3-1-4-10-25)37-23-27-13-7-15-31(35(27)41)43-21-19-29;3-2(4,5)1(6)7;/h1-16,23-24,33-34,41-42H,17-22H2;(H,6,7);/q;;+3/p-3. The molecule has 1 aliphatic rings. The number of rotatable bonds is 2. The molecule has 1 heterocycles. The first-order valence-corrected chi connectivity index (χ1v) is 15.8. The predicted octanol–water partition coefficient (Wildman–Crippen LogP) is 4.62. The van der Waals surface area contributed by atoms with Gasteiger partial charge in [-0.3, -0.25) is 19.6 Å². The van der Waals surface area contributed by atoms with E-state index in [1.54, 1.807) is 36.4 Å². The fourth-order valence-corrected chi connectivity index (χ4v) is 4.90. The Hall–Kier alpha value is -5.46. The molecule has 10 nitrogen and oxygen atoms in total. The smallest absolute Gasteiger partial charge is 0.870 e. The first-order chi connectivity index (χ1) is 24.4. The number of nitrogens with zero attached hydrogens (tertiary/aromatic N) is 2. The van der Waals surface area contributed by atoms with E-state index >= 15 is 0 Å². The Labute approximate surface area is 308 Å². The van der Waals surface area contributed by atoms with E-state index in [9.17, 15) is 33.0 Å². The van der Waals surface area contributed by atoms with Crippen LogP contribution in [0, 0.1) is 0 Å². The number of Topliss-reactive ketones (excluding diaryl/α,β-unsaturated/α-hetero) is 2. The number of carbonyl (C=O) groups is 3. The normalized spacial score (nSPS) is 17.1. The van der Waals surface area contributed by atoms with Crippen LogP contribution in [0.2, 0.25) is 0 Å². The number of halogens is 3. The average molecular weight is 757 g/mol. The zero-order valence-corrected chi connectivity index (χ0v) is 28.6. The molecule has 2 atom stereocenters. The Balaban J connectivity index is 0.000000828. The minimum absolute atomic E-state index is 0. The van der Waals surface area contributed by atoms with E-state index in [1.807, 2.05) is 60.7 Å². The number of alkyl halides is 3. The third-order valence-corrected chi connectivity index (χ3v) is 7.54. The molecule has 0 radical (unpaired) electrons. The largest absolute Gasteiger partial charge is 3.00 e. The van der Waals surface area contributed by atoms with Crippen molar-refractivity contribution < 1.29 is 69.4 Å². The summed E-state index contributed by atoms with van der Waals surface area (Å²) < 4.78 is 42.9. The van der Waals surface area contributed by atoms with Gasteiger partial charge in [-0.05, 0) is 34.4 Å². The number of carboxylic acids is 1. The van der Waals surface area contributed by atoms with Crippen molar-refractivity contribution in [1.82, 2.24) is 0 Å². The van der Waals surface area contributed by atoms with Crippen LogP contribution in [0.5, 0.6) is 23.0 Å². The van der Waals surface area contributed by atoms with Crippen LogP contribution >= 0.6 is 0 Å². The van der Waals surface area contributed by atoms with Crippen LogP contribution in [-0.4, -0.2) is 49.4 Å². The van der Waals surface area contributed by atoms with Crippen molar-refractivity contribution in [1.29, 1.82) is 0 Å². The maximum atomic E-state index is 13.3. The first-order valence-electron chi connectivity index (χ1n) is 15.8. The third kappa shape index (κ3) is 12.1. The van der Waals surface area contributed by atoms with Gasteiger partial charge < -0.3 is 29.6 Å². The number of fused-ring (bicyclic) bond motifs is 4. The number of carbonyl (C=O) groups excluding carboxylic acids is 3. The third-order valence-electron chi connectivity index (χ3n) is 7.54. The van der Waals surface area contributed by atoms with Crippen LogP contribution in [0.15, 0.2) is 107 Å². The van der Waals surface area contributed by atoms with Gasteiger partial charge in [-0.25, -0.2) is 0 Å². The summed E-state index contributed by atoms with van der Waals surface area (Å²) in [6, 6.07) is 28.0. The molecule has 4 aromatic carbocycles. The Morgan fingerprint density at radius 3 is 1.33 bits per heavy atom. The van der Waals surface area contributed by atoms with Crippen LogP contribution in [0.1, 0.15) is 60.0 Å². The minimum Gasteiger partial charge on any atom is -0.870 e. The number of ether oxygens (including phenoxy) is 2.